The second-order valence-electron chi connectivity index (χ2n) is 5.23. The lowest BCUT2D eigenvalue weighted by Gasteiger charge is -2.19. The van der Waals surface area contributed by atoms with Crippen molar-refractivity contribution in [2.75, 3.05) is 5.32 Å². The van der Waals surface area contributed by atoms with Crippen molar-refractivity contribution in [2.24, 2.45) is 0 Å². The quantitative estimate of drug-likeness (QED) is 0.826. The van der Waals surface area contributed by atoms with Crippen LogP contribution in [0.4, 0.5) is 10.7 Å². The first kappa shape index (κ1) is 15.7. The highest BCUT2D eigenvalue weighted by Crippen LogP contribution is 2.28. The number of ketones is 1. The van der Waals surface area contributed by atoms with Crippen molar-refractivity contribution >= 4 is 23.7 Å². The van der Waals surface area contributed by atoms with E-state index in [1.807, 2.05) is 0 Å². The number of carbonyl (C=O) groups is 3. The second kappa shape index (κ2) is 5.36. The Hall–Kier alpha value is -2.31. The number of Topliss-reactive ketones (excluding diaryl/α,β-unsaturated/α-hetero) is 1. The number of ether oxygens (including phenoxy) is 1. The number of carbonyl (C=O) groups excluding carboxylic acids is 2. The molecule has 0 aliphatic heterocycles. The number of carboxylic acid groups (broad SMARTS) is 1. The van der Waals surface area contributed by atoms with Gasteiger partial charge >= 0.3 is 12.1 Å². The third-order valence-corrected chi connectivity index (χ3v) is 2.26. The summed E-state index contributed by atoms with van der Waals surface area (Å²) < 4.78 is 10.1. The SMILES string of the molecule is CC(=O)c1c(C)oc(NC(=O)OC(C)(C)C)c1C(=O)O. The van der Waals surface area contributed by atoms with Crippen LogP contribution in [0.25, 0.3) is 0 Å². The molecule has 1 heterocycles. The number of carboxylic acids is 1. The minimum atomic E-state index is -1.36. The molecule has 1 amide bonds. The van der Waals surface area contributed by atoms with Gasteiger partial charge in [0.15, 0.2) is 5.78 Å². The van der Waals surface area contributed by atoms with E-state index in [0.717, 1.165) is 0 Å². The first-order valence-corrected chi connectivity index (χ1v) is 5.90. The molecule has 0 spiro atoms. The summed E-state index contributed by atoms with van der Waals surface area (Å²) in [6, 6.07) is 0. The summed E-state index contributed by atoms with van der Waals surface area (Å²) in [5.41, 5.74) is -1.18. The van der Waals surface area contributed by atoms with Gasteiger partial charge in [-0.25, -0.2) is 9.59 Å². The number of amides is 1. The summed E-state index contributed by atoms with van der Waals surface area (Å²) in [5, 5.41) is 11.4. The molecule has 0 fully saturated rings. The van der Waals surface area contributed by atoms with Crippen LogP contribution in [0.5, 0.6) is 0 Å². The van der Waals surface area contributed by atoms with Crippen LogP contribution in [0.1, 0.15) is 54.2 Å². The lowest BCUT2D eigenvalue weighted by molar-refractivity contribution is 0.0632. The third-order valence-electron chi connectivity index (χ3n) is 2.26. The Morgan fingerprint density at radius 1 is 1.20 bits per heavy atom. The second-order valence-corrected chi connectivity index (χ2v) is 5.23. The first-order chi connectivity index (χ1) is 9.03. The zero-order chi connectivity index (χ0) is 15.7. The van der Waals surface area contributed by atoms with Gasteiger partial charge < -0.3 is 14.3 Å². The van der Waals surface area contributed by atoms with Crippen LogP contribution in [-0.2, 0) is 4.74 Å². The molecule has 1 aromatic rings. The van der Waals surface area contributed by atoms with Crippen molar-refractivity contribution in [3.05, 3.63) is 16.9 Å². The largest absolute Gasteiger partial charge is 0.477 e. The van der Waals surface area contributed by atoms with Gasteiger partial charge in [-0.15, -0.1) is 0 Å². The summed E-state index contributed by atoms with van der Waals surface area (Å²) >= 11 is 0. The summed E-state index contributed by atoms with van der Waals surface area (Å²) in [7, 11) is 0. The molecule has 0 aliphatic rings. The van der Waals surface area contributed by atoms with Gasteiger partial charge in [0.05, 0.1) is 5.56 Å². The molecule has 7 nitrogen and oxygen atoms in total. The van der Waals surface area contributed by atoms with Crippen molar-refractivity contribution in [1.82, 2.24) is 0 Å². The molecular formula is C13H17NO6. The normalized spacial score (nSPS) is 11.1. The predicted molar refractivity (Wildman–Crippen MR) is 70.3 cm³/mol. The van der Waals surface area contributed by atoms with Crippen LogP contribution in [-0.4, -0.2) is 28.6 Å². The van der Waals surface area contributed by atoms with E-state index < -0.39 is 23.4 Å². The Bertz CT molecular complexity index is 564. The lowest BCUT2D eigenvalue weighted by Crippen LogP contribution is -2.27. The number of aromatic carboxylic acids is 1. The predicted octanol–water partition coefficient (Wildman–Crippen LogP) is 2.84. The summed E-state index contributed by atoms with van der Waals surface area (Å²) in [4.78, 5) is 34.3. The zero-order valence-corrected chi connectivity index (χ0v) is 12.0. The number of hydrogen-bond donors (Lipinski definition) is 2. The van der Waals surface area contributed by atoms with E-state index in [1.54, 1.807) is 20.8 Å². The number of aryl methyl sites for hydroxylation is 1. The number of hydrogen-bond acceptors (Lipinski definition) is 5. The molecule has 0 aromatic carbocycles. The van der Waals surface area contributed by atoms with Gasteiger partial charge in [0, 0.05) is 0 Å². The lowest BCUT2D eigenvalue weighted by atomic mass is 10.1. The maximum Gasteiger partial charge on any atom is 0.414 e. The maximum atomic E-state index is 11.6. The van der Waals surface area contributed by atoms with Gasteiger partial charge in [-0.3, -0.25) is 10.1 Å². The minimum absolute atomic E-state index is 0.0661. The van der Waals surface area contributed by atoms with Crippen LogP contribution in [0.2, 0.25) is 0 Å². The molecule has 1 rings (SSSR count). The fraction of sp³-hybridized carbons (Fsp3) is 0.462. The molecule has 0 saturated carbocycles. The average molecular weight is 283 g/mol. The molecule has 2 N–H and O–H groups in total. The third kappa shape index (κ3) is 3.59. The Balaban J connectivity index is 3.14. The fourth-order valence-corrected chi connectivity index (χ4v) is 1.66. The first-order valence-electron chi connectivity index (χ1n) is 5.90. The average Bonchev–Trinajstić information content (AvgIpc) is 2.51. The van der Waals surface area contributed by atoms with E-state index >= 15 is 0 Å². The van der Waals surface area contributed by atoms with Crippen LogP contribution >= 0.6 is 0 Å². The summed E-state index contributed by atoms with van der Waals surface area (Å²) in [5.74, 6) is -2.01. The van der Waals surface area contributed by atoms with Gasteiger partial charge in [0.2, 0.25) is 5.88 Å². The van der Waals surface area contributed by atoms with Crippen LogP contribution in [0.3, 0.4) is 0 Å². The number of nitrogens with one attached hydrogen (secondary N) is 1. The Morgan fingerprint density at radius 2 is 1.75 bits per heavy atom. The molecule has 0 bridgehead atoms. The van der Waals surface area contributed by atoms with E-state index in [4.69, 9.17) is 14.3 Å². The number of anilines is 1. The van der Waals surface area contributed by atoms with Gasteiger partial charge in [-0.05, 0) is 34.6 Å². The molecule has 0 unspecified atom stereocenters. The van der Waals surface area contributed by atoms with E-state index in [1.165, 1.54) is 13.8 Å². The van der Waals surface area contributed by atoms with E-state index in [0.29, 0.717) is 0 Å². The van der Waals surface area contributed by atoms with Gasteiger partial charge in [-0.1, -0.05) is 0 Å². The fourth-order valence-electron chi connectivity index (χ4n) is 1.66. The molecule has 1 aromatic heterocycles. The van der Waals surface area contributed by atoms with Crippen LogP contribution in [0, 0.1) is 6.92 Å². The van der Waals surface area contributed by atoms with Gasteiger partial charge in [0.1, 0.15) is 16.9 Å². The highest BCUT2D eigenvalue weighted by atomic mass is 16.6. The Morgan fingerprint density at radius 3 is 2.15 bits per heavy atom. The summed E-state index contributed by atoms with van der Waals surface area (Å²) in [6.45, 7) is 7.67. The minimum Gasteiger partial charge on any atom is -0.477 e. The van der Waals surface area contributed by atoms with Crippen molar-refractivity contribution in [1.29, 1.82) is 0 Å². The monoisotopic (exact) mass is 283 g/mol. The maximum absolute atomic E-state index is 11.6. The molecule has 0 aliphatic carbocycles. The van der Waals surface area contributed by atoms with Crippen LogP contribution < -0.4 is 5.32 Å². The van der Waals surface area contributed by atoms with Gasteiger partial charge in [0.25, 0.3) is 0 Å². The van der Waals surface area contributed by atoms with E-state index in [-0.39, 0.29) is 22.8 Å². The number of rotatable bonds is 3. The van der Waals surface area contributed by atoms with Crippen molar-refractivity contribution in [2.45, 2.75) is 40.2 Å². The van der Waals surface area contributed by atoms with Crippen molar-refractivity contribution in [3.8, 4) is 0 Å². The molecular weight excluding hydrogens is 266 g/mol. The molecule has 110 valence electrons. The molecule has 0 saturated heterocycles. The standard InChI is InChI=1S/C13H17NO6/c1-6(15)8-7(2)19-10(9(8)11(16)17)14-12(18)20-13(3,4)5/h1-5H3,(H,14,18)(H,16,17). The highest BCUT2D eigenvalue weighted by molar-refractivity contribution is 6.09. The molecule has 7 heteroatoms. The summed E-state index contributed by atoms with van der Waals surface area (Å²) in [6.07, 6.45) is -0.858. The van der Waals surface area contributed by atoms with Gasteiger partial charge in [-0.2, -0.15) is 0 Å². The Labute approximate surface area is 115 Å². The number of furan rings is 1. The highest BCUT2D eigenvalue weighted by Gasteiger charge is 2.28. The Kier molecular flexibility index (Phi) is 4.22. The van der Waals surface area contributed by atoms with Crippen molar-refractivity contribution < 1.29 is 28.6 Å². The molecule has 20 heavy (non-hydrogen) atoms. The van der Waals surface area contributed by atoms with E-state index in [9.17, 15) is 14.4 Å². The molecule has 0 atom stereocenters. The van der Waals surface area contributed by atoms with Crippen LogP contribution in [0.15, 0.2) is 4.42 Å². The smallest absolute Gasteiger partial charge is 0.414 e. The molecule has 0 radical (unpaired) electrons. The zero-order valence-electron chi connectivity index (χ0n) is 12.0. The van der Waals surface area contributed by atoms with E-state index in [2.05, 4.69) is 5.32 Å². The topological polar surface area (TPSA) is 106 Å². The van der Waals surface area contributed by atoms with Crippen molar-refractivity contribution in [3.63, 3.8) is 0 Å².